The number of nitrogens with zero attached hydrogens (tertiary/aromatic N) is 3. The third kappa shape index (κ3) is 4.25. The van der Waals surface area contributed by atoms with Gasteiger partial charge >= 0.3 is 0 Å². The van der Waals surface area contributed by atoms with E-state index in [1.165, 1.54) is 7.11 Å². The Kier molecular flexibility index (Phi) is 6.02. The van der Waals surface area contributed by atoms with Gasteiger partial charge in [0.2, 0.25) is 5.95 Å². The fourth-order valence-electron chi connectivity index (χ4n) is 3.66. The Morgan fingerprint density at radius 2 is 2.00 bits per heavy atom. The Balaban J connectivity index is 1.65. The molecule has 0 fully saturated rings. The lowest BCUT2D eigenvalue weighted by molar-refractivity contribution is 0.0997. The molecule has 3 aromatic rings. The number of phenolic OH excluding ortho intramolecular Hbond substituents is 1. The van der Waals surface area contributed by atoms with Crippen LogP contribution in [0.25, 0.3) is 0 Å². The number of fused-ring (bicyclic) bond motifs is 1. The molecule has 0 radical (unpaired) electrons. The van der Waals surface area contributed by atoms with Crippen LogP contribution in [0, 0.1) is 0 Å². The number of halogens is 1. The summed E-state index contributed by atoms with van der Waals surface area (Å²) in [6.07, 6.45) is 0. The lowest BCUT2D eigenvalue weighted by atomic mass is 10.1. The number of ether oxygens (including phenoxy) is 1. The molecule has 0 saturated heterocycles. The van der Waals surface area contributed by atoms with E-state index in [2.05, 4.69) is 15.3 Å². The van der Waals surface area contributed by atoms with Crippen LogP contribution in [0.3, 0.4) is 0 Å². The smallest absolute Gasteiger partial charge is 0.254 e. The van der Waals surface area contributed by atoms with Gasteiger partial charge in [0, 0.05) is 19.6 Å². The molecular formula is C22H22ClN5O4. The van der Waals surface area contributed by atoms with Crippen LogP contribution in [0.1, 0.15) is 32.7 Å². The molecule has 0 unspecified atom stereocenters. The van der Waals surface area contributed by atoms with Gasteiger partial charge in [0.05, 0.1) is 24.4 Å². The maximum Gasteiger partial charge on any atom is 0.254 e. The van der Waals surface area contributed by atoms with E-state index in [1.54, 1.807) is 24.3 Å². The second-order valence-corrected chi connectivity index (χ2v) is 7.75. The number of nitrogens with two attached hydrogens (primary N) is 1. The molecular weight excluding hydrogens is 434 g/mol. The third-order valence-electron chi connectivity index (χ3n) is 5.24. The van der Waals surface area contributed by atoms with E-state index >= 15 is 0 Å². The number of amides is 1. The van der Waals surface area contributed by atoms with Crippen molar-refractivity contribution in [2.24, 2.45) is 5.73 Å². The van der Waals surface area contributed by atoms with Crippen LogP contribution in [0.5, 0.6) is 11.5 Å². The maximum atomic E-state index is 12.1. The number of carbonyl (C=O) groups is 1. The van der Waals surface area contributed by atoms with Crippen LogP contribution in [-0.4, -0.2) is 33.2 Å². The number of benzene rings is 2. The van der Waals surface area contributed by atoms with Crippen molar-refractivity contribution in [3.05, 3.63) is 69.4 Å². The van der Waals surface area contributed by atoms with Crippen molar-refractivity contribution in [1.29, 1.82) is 0 Å². The van der Waals surface area contributed by atoms with Gasteiger partial charge in [-0.1, -0.05) is 23.7 Å². The Morgan fingerprint density at radius 3 is 2.69 bits per heavy atom. The fraction of sp³-hybridized carbons (Fsp3) is 0.227. The Hall–Kier alpha value is -3.56. The highest BCUT2D eigenvalue weighted by Crippen LogP contribution is 2.31. The van der Waals surface area contributed by atoms with Crippen molar-refractivity contribution < 1.29 is 19.7 Å². The van der Waals surface area contributed by atoms with Crippen LogP contribution in [0.2, 0.25) is 5.02 Å². The second kappa shape index (κ2) is 8.89. The van der Waals surface area contributed by atoms with Gasteiger partial charge in [0.1, 0.15) is 22.9 Å². The van der Waals surface area contributed by atoms with Gasteiger partial charge in [-0.2, -0.15) is 4.98 Å². The molecule has 2 aromatic carbocycles. The van der Waals surface area contributed by atoms with Gasteiger partial charge in [0.25, 0.3) is 5.91 Å². The normalized spacial score (nSPS) is 12.5. The summed E-state index contributed by atoms with van der Waals surface area (Å²) in [5.41, 5.74) is 8.56. The van der Waals surface area contributed by atoms with E-state index in [0.717, 1.165) is 16.7 Å². The molecule has 0 saturated carbocycles. The molecule has 10 heteroatoms. The van der Waals surface area contributed by atoms with Crippen molar-refractivity contribution in [1.82, 2.24) is 9.97 Å². The SMILES string of the molecule is COc1ccc(CNc2nc(N3Cc4ccc(O)cc4C3)nc(CO)c2C(N)=O)cc1Cl. The number of aliphatic hydroxyl groups excluding tert-OH is 1. The van der Waals surface area contributed by atoms with Crippen LogP contribution >= 0.6 is 11.6 Å². The Labute approximate surface area is 189 Å². The minimum Gasteiger partial charge on any atom is -0.508 e. The molecule has 166 valence electrons. The largest absolute Gasteiger partial charge is 0.508 e. The molecule has 9 nitrogen and oxygen atoms in total. The zero-order valence-corrected chi connectivity index (χ0v) is 18.1. The molecule has 0 spiro atoms. The summed E-state index contributed by atoms with van der Waals surface area (Å²) in [6.45, 7) is 0.847. The number of hydrogen-bond acceptors (Lipinski definition) is 8. The monoisotopic (exact) mass is 455 g/mol. The highest BCUT2D eigenvalue weighted by atomic mass is 35.5. The average Bonchev–Trinajstić information content (AvgIpc) is 3.20. The first-order chi connectivity index (χ1) is 15.4. The molecule has 0 bridgehead atoms. The maximum absolute atomic E-state index is 12.1. The first-order valence-electron chi connectivity index (χ1n) is 9.83. The number of hydrogen-bond donors (Lipinski definition) is 4. The van der Waals surface area contributed by atoms with E-state index in [9.17, 15) is 15.0 Å². The summed E-state index contributed by atoms with van der Waals surface area (Å²) in [5.74, 6) is 0.555. The molecule has 1 aliphatic heterocycles. The van der Waals surface area contributed by atoms with Crippen molar-refractivity contribution in [3.8, 4) is 11.5 Å². The number of primary amides is 1. The van der Waals surface area contributed by atoms with Gasteiger partial charge in [-0.15, -0.1) is 0 Å². The highest BCUT2D eigenvalue weighted by molar-refractivity contribution is 6.32. The first-order valence-corrected chi connectivity index (χ1v) is 10.2. The van der Waals surface area contributed by atoms with Gasteiger partial charge in [-0.05, 0) is 41.0 Å². The summed E-state index contributed by atoms with van der Waals surface area (Å²) in [6, 6.07) is 10.5. The third-order valence-corrected chi connectivity index (χ3v) is 5.53. The number of aromatic hydroxyl groups is 1. The number of aliphatic hydroxyl groups is 1. The minimum absolute atomic E-state index is 0.0326. The van der Waals surface area contributed by atoms with Crippen LogP contribution in [0.15, 0.2) is 36.4 Å². The van der Waals surface area contributed by atoms with Gasteiger partial charge in [-0.25, -0.2) is 4.98 Å². The minimum atomic E-state index is -0.745. The molecule has 32 heavy (non-hydrogen) atoms. The molecule has 1 aliphatic rings. The number of methoxy groups -OCH3 is 1. The molecule has 1 amide bonds. The quantitative estimate of drug-likeness (QED) is 0.427. The summed E-state index contributed by atoms with van der Waals surface area (Å²) in [4.78, 5) is 22.9. The molecule has 0 aliphatic carbocycles. The molecule has 5 N–H and O–H groups in total. The van der Waals surface area contributed by atoms with E-state index in [4.69, 9.17) is 22.1 Å². The predicted octanol–water partition coefficient (Wildman–Crippen LogP) is 2.57. The molecule has 4 rings (SSSR count). The average molecular weight is 456 g/mol. The number of anilines is 2. The standard InChI is InChI=1S/C22H22ClN5O4/c1-32-18-5-2-12(6-16(18)23)8-25-21-19(20(24)31)17(11-29)26-22(27-21)28-9-13-3-4-15(30)7-14(13)10-28/h2-7,29-30H,8-11H2,1H3,(H2,24,31)(H,25,26,27). The van der Waals surface area contributed by atoms with Crippen molar-refractivity contribution in [3.63, 3.8) is 0 Å². The summed E-state index contributed by atoms with van der Waals surface area (Å²) < 4.78 is 5.17. The zero-order valence-electron chi connectivity index (χ0n) is 17.3. The van der Waals surface area contributed by atoms with Crippen LogP contribution in [-0.2, 0) is 26.2 Å². The summed E-state index contributed by atoms with van der Waals surface area (Å²) >= 11 is 6.20. The van der Waals surface area contributed by atoms with Gasteiger partial charge in [0.15, 0.2) is 0 Å². The zero-order chi connectivity index (χ0) is 22.8. The van der Waals surface area contributed by atoms with Crippen molar-refractivity contribution in [2.75, 3.05) is 17.3 Å². The van der Waals surface area contributed by atoms with Crippen LogP contribution in [0.4, 0.5) is 11.8 Å². The van der Waals surface area contributed by atoms with Crippen molar-refractivity contribution >= 4 is 29.3 Å². The fourth-order valence-corrected chi connectivity index (χ4v) is 3.95. The van der Waals surface area contributed by atoms with E-state index in [1.807, 2.05) is 17.0 Å². The van der Waals surface area contributed by atoms with Crippen LogP contribution < -0.4 is 20.7 Å². The second-order valence-electron chi connectivity index (χ2n) is 7.35. The lowest BCUT2D eigenvalue weighted by Gasteiger charge is -2.19. The van der Waals surface area contributed by atoms with Gasteiger partial charge < -0.3 is 30.9 Å². The Morgan fingerprint density at radius 1 is 1.22 bits per heavy atom. The topological polar surface area (TPSA) is 134 Å². The van der Waals surface area contributed by atoms with Crippen molar-refractivity contribution in [2.45, 2.75) is 26.2 Å². The number of aromatic nitrogens is 2. The molecule has 1 aromatic heterocycles. The van der Waals surface area contributed by atoms with E-state index in [0.29, 0.717) is 36.4 Å². The highest BCUT2D eigenvalue weighted by Gasteiger charge is 2.25. The summed E-state index contributed by atoms with van der Waals surface area (Å²) in [5, 5.41) is 23.2. The number of nitrogens with one attached hydrogen (secondary N) is 1. The Bertz CT molecular complexity index is 1190. The van der Waals surface area contributed by atoms with Gasteiger partial charge in [-0.3, -0.25) is 4.79 Å². The van der Waals surface area contributed by atoms with E-state index < -0.39 is 12.5 Å². The lowest BCUT2D eigenvalue weighted by Crippen LogP contribution is -2.24. The van der Waals surface area contributed by atoms with E-state index in [-0.39, 0.29) is 22.8 Å². The number of rotatable bonds is 7. The number of carbonyl (C=O) groups excluding carboxylic acids is 1. The summed E-state index contributed by atoms with van der Waals surface area (Å²) in [7, 11) is 1.54. The first kappa shape index (κ1) is 21.7. The predicted molar refractivity (Wildman–Crippen MR) is 120 cm³/mol. The number of phenols is 1. The molecule has 0 atom stereocenters. The molecule has 2 heterocycles.